The highest BCUT2D eigenvalue weighted by Crippen LogP contribution is 2.26. The molecule has 0 fully saturated rings. The number of aliphatic imine (C=N–C) groups is 1. The minimum Gasteiger partial charge on any atom is -0.480 e. The number of carbonyl (C=O) groups excluding carboxylic acids is 1. The van der Waals surface area contributed by atoms with E-state index in [4.69, 9.17) is 27.5 Å². The predicted octanol–water partition coefficient (Wildman–Crippen LogP) is 1.98. The van der Waals surface area contributed by atoms with Crippen LogP contribution in [-0.2, 0) is 4.79 Å². The smallest absolute Gasteiger partial charge is 0.326 e. The molecule has 0 radical (unpaired) electrons. The fraction of sp³-hybridized carbons (Fsp3) is 0.235. The molecule has 1 aromatic heterocycles. The summed E-state index contributed by atoms with van der Waals surface area (Å²) in [5.41, 5.74) is 10.9. The maximum atomic E-state index is 13.2. The van der Waals surface area contributed by atoms with Gasteiger partial charge in [-0.25, -0.2) is 9.18 Å². The van der Waals surface area contributed by atoms with Crippen molar-refractivity contribution in [3.05, 3.63) is 46.9 Å². The van der Waals surface area contributed by atoms with Gasteiger partial charge in [0.1, 0.15) is 17.6 Å². The van der Waals surface area contributed by atoms with E-state index in [2.05, 4.69) is 10.3 Å². The molecule has 2 rings (SSSR count). The maximum absolute atomic E-state index is 13.2. The van der Waals surface area contributed by atoms with E-state index >= 15 is 0 Å². The number of carboxylic acid groups (broad SMARTS) is 1. The third-order valence-corrected chi connectivity index (χ3v) is 3.87. The Balaban J connectivity index is 2.03. The van der Waals surface area contributed by atoms with E-state index in [1.54, 1.807) is 0 Å². The number of guanidine groups is 1. The van der Waals surface area contributed by atoms with Crippen LogP contribution in [0.25, 0.3) is 11.3 Å². The summed E-state index contributed by atoms with van der Waals surface area (Å²) in [4.78, 5) is 27.3. The number of benzene rings is 1. The van der Waals surface area contributed by atoms with Crippen molar-refractivity contribution in [2.75, 3.05) is 6.54 Å². The number of hydrogen-bond donors (Lipinski definition) is 4. The van der Waals surface area contributed by atoms with Crippen molar-refractivity contribution < 1.29 is 23.5 Å². The van der Waals surface area contributed by atoms with Gasteiger partial charge in [-0.1, -0.05) is 11.6 Å². The fourth-order valence-corrected chi connectivity index (χ4v) is 2.44. The molecule has 0 aliphatic rings. The Kier molecular flexibility index (Phi) is 6.78. The normalized spacial score (nSPS) is 11.6. The number of hydrogen-bond acceptors (Lipinski definition) is 4. The topological polar surface area (TPSA) is 144 Å². The average Bonchev–Trinajstić information content (AvgIpc) is 3.09. The Labute approximate surface area is 159 Å². The van der Waals surface area contributed by atoms with Crippen molar-refractivity contribution in [1.82, 2.24) is 5.32 Å². The van der Waals surface area contributed by atoms with Gasteiger partial charge in [-0.05, 0) is 43.2 Å². The molecule has 1 heterocycles. The molecule has 8 nitrogen and oxygen atoms in total. The zero-order chi connectivity index (χ0) is 20.0. The van der Waals surface area contributed by atoms with Crippen LogP contribution in [0.1, 0.15) is 23.4 Å². The summed E-state index contributed by atoms with van der Waals surface area (Å²) in [6.45, 7) is 0.248. The van der Waals surface area contributed by atoms with Crippen LogP contribution in [0.3, 0.4) is 0 Å². The van der Waals surface area contributed by atoms with Crippen molar-refractivity contribution in [3.8, 4) is 11.3 Å². The highest BCUT2D eigenvalue weighted by atomic mass is 35.5. The second-order valence-corrected chi connectivity index (χ2v) is 6.01. The quantitative estimate of drug-likeness (QED) is 0.305. The first-order valence-electron chi connectivity index (χ1n) is 7.92. The summed E-state index contributed by atoms with van der Waals surface area (Å²) in [6.07, 6.45) is 0.506. The molecular weight excluding hydrogens is 379 g/mol. The van der Waals surface area contributed by atoms with Crippen LogP contribution < -0.4 is 16.8 Å². The van der Waals surface area contributed by atoms with Crippen LogP contribution >= 0.6 is 11.6 Å². The third-order valence-electron chi connectivity index (χ3n) is 3.58. The van der Waals surface area contributed by atoms with E-state index in [1.807, 2.05) is 0 Å². The van der Waals surface area contributed by atoms with Crippen molar-refractivity contribution in [2.24, 2.45) is 16.5 Å². The summed E-state index contributed by atoms with van der Waals surface area (Å²) in [5.74, 6) is -2.33. The molecule has 144 valence electrons. The number of amides is 1. The zero-order valence-electron chi connectivity index (χ0n) is 14.1. The molecule has 27 heavy (non-hydrogen) atoms. The number of nitrogens with zero attached hydrogens (tertiary/aromatic N) is 1. The summed E-state index contributed by atoms with van der Waals surface area (Å²) in [6, 6.07) is 5.76. The molecule has 0 unspecified atom stereocenters. The Morgan fingerprint density at radius 2 is 2.04 bits per heavy atom. The van der Waals surface area contributed by atoms with Crippen LogP contribution in [0.5, 0.6) is 0 Å². The van der Waals surface area contributed by atoms with Gasteiger partial charge in [0.2, 0.25) is 0 Å². The molecule has 10 heteroatoms. The molecule has 0 aliphatic heterocycles. The van der Waals surface area contributed by atoms with Gasteiger partial charge >= 0.3 is 5.97 Å². The summed E-state index contributed by atoms with van der Waals surface area (Å²) in [7, 11) is 0. The highest BCUT2D eigenvalue weighted by molar-refractivity contribution is 6.31. The van der Waals surface area contributed by atoms with Gasteiger partial charge in [0.15, 0.2) is 11.7 Å². The standard InChI is InChI=1S/C17H18ClFN4O4/c18-10-8-9(3-4-11(10)19)13-5-6-14(27-13)15(24)23-12(16(25)26)2-1-7-22-17(20)21/h3-6,8,12H,1-2,7H2,(H,23,24)(H,25,26)(H4,20,21,22)/t12-/m1/s1. The number of halogens is 2. The second kappa shape index (κ2) is 9.04. The van der Waals surface area contributed by atoms with Crippen LogP contribution in [0, 0.1) is 5.82 Å². The number of nitrogens with one attached hydrogen (secondary N) is 1. The number of furan rings is 1. The van der Waals surface area contributed by atoms with Crippen molar-refractivity contribution >= 4 is 29.4 Å². The van der Waals surface area contributed by atoms with E-state index in [9.17, 15) is 19.1 Å². The number of carboxylic acids is 1. The Bertz CT molecular complexity index is 864. The first-order chi connectivity index (χ1) is 12.8. The van der Waals surface area contributed by atoms with E-state index in [1.165, 1.54) is 30.3 Å². The third kappa shape index (κ3) is 5.71. The van der Waals surface area contributed by atoms with E-state index in [0.29, 0.717) is 17.7 Å². The highest BCUT2D eigenvalue weighted by Gasteiger charge is 2.22. The van der Waals surface area contributed by atoms with Crippen molar-refractivity contribution in [3.63, 3.8) is 0 Å². The van der Waals surface area contributed by atoms with E-state index < -0.39 is 23.7 Å². The SMILES string of the molecule is NC(N)=NCCC[C@@H](NC(=O)c1ccc(-c2ccc(F)c(Cl)c2)o1)C(=O)O. The molecule has 1 amide bonds. The van der Waals surface area contributed by atoms with Gasteiger partial charge in [-0.2, -0.15) is 0 Å². The number of aliphatic carboxylic acids is 1. The van der Waals surface area contributed by atoms with Gasteiger partial charge in [-0.15, -0.1) is 0 Å². The molecule has 1 atom stereocenters. The lowest BCUT2D eigenvalue weighted by Gasteiger charge is -2.12. The number of nitrogens with two attached hydrogens (primary N) is 2. The lowest BCUT2D eigenvalue weighted by molar-refractivity contribution is -0.139. The maximum Gasteiger partial charge on any atom is 0.326 e. The molecule has 0 saturated heterocycles. The van der Waals surface area contributed by atoms with E-state index in [0.717, 1.165) is 0 Å². The molecule has 0 saturated carbocycles. The van der Waals surface area contributed by atoms with Gasteiger partial charge < -0.3 is 26.3 Å². The van der Waals surface area contributed by atoms with Gasteiger partial charge in [0.05, 0.1) is 5.02 Å². The van der Waals surface area contributed by atoms with Crippen LogP contribution in [0.2, 0.25) is 5.02 Å². The summed E-state index contributed by atoms with van der Waals surface area (Å²) in [5, 5.41) is 11.5. The largest absolute Gasteiger partial charge is 0.480 e. The van der Waals surface area contributed by atoms with Crippen molar-refractivity contribution in [2.45, 2.75) is 18.9 Å². The minimum atomic E-state index is -1.19. The Morgan fingerprint density at radius 3 is 2.67 bits per heavy atom. The summed E-state index contributed by atoms with van der Waals surface area (Å²) >= 11 is 5.73. The van der Waals surface area contributed by atoms with E-state index in [-0.39, 0.29) is 29.7 Å². The number of rotatable bonds is 8. The molecule has 6 N–H and O–H groups in total. The van der Waals surface area contributed by atoms with Crippen molar-refractivity contribution in [1.29, 1.82) is 0 Å². The molecule has 0 spiro atoms. The van der Waals surface area contributed by atoms with Crippen LogP contribution in [-0.4, -0.2) is 35.5 Å². The Hall–Kier alpha value is -3.07. The molecule has 2 aromatic rings. The van der Waals surface area contributed by atoms with Gasteiger partial charge in [0, 0.05) is 12.1 Å². The molecule has 0 bridgehead atoms. The van der Waals surface area contributed by atoms with Gasteiger partial charge in [0.25, 0.3) is 5.91 Å². The first kappa shape index (κ1) is 20.2. The lowest BCUT2D eigenvalue weighted by atomic mass is 10.1. The van der Waals surface area contributed by atoms with Crippen LogP contribution in [0.4, 0.5) is 4.39 Å². The second-order valence-electron chi connectivity index (χ2n) is 5.61. The average molecular weight is 397 g/mol. The molecular formula is C17H18ClFN4O4. The summed E-state index contributed by atoms with van der Waals surface area (Å²) < 4.78 is 18.7. The van der Waals surface area contributed by atoms with Gasteiger partial charge in [-0.3, -0.25) is 9.79 Å². The Morgan fingerprint density at radius 1 is 1.30 bits per heavy atom. The monoisotopic (exact) mass is 396 g/mol. The number of carbonyl (C=O) groups is 2. The van der Waals surface area contributed by atoms with Crippen LogP contribution in [0.15, 0.2) is 39.7 Å². The lowest BCUT2D eigenvalue weighted by Crippen LogP contribution is -2.40. The predicted molar refractivity (Wildman–Crippen MR) is 97.9 cm³/mol. The minimum absolute atomic E-state index is 0.0818. The first-order valence-corrected chi connectivity index (χ1v) is 8.30. The zero-order valence-corrected chi connectivity index (χ0v) is 14.9. The molecule has 0 aliphatic carbocycles. The fourth-order valence-electron chi connectivity index (χ4n) is 2.25. The molecule has 1 aromatic carbocycles.